The predicted octanol–water partition coefficient (Wildman–Crippen LogP) is 7.54. The van der Waals surface area contributed by atoms with E-state index in [0.29, 0.717) is 12.8 Å². The number of carbonyl (C=O) groups excluding carboxylic acids is 1. The smallest absolute Gasteiger partial charge is 0.310 e. The maximum atomic E-state index is 12.8. The molecule has 1 N–H and O–H groups in total. The summed E-state index contributed by atoms with van der Waals surface area (Å²) in [6, 6.07) is 0. The molecule has 4 nitrogen and oxygen atoms in total. The van der Waals surface area contributed by atoms with Gasteiger partial charge in [-0.05, 0) is 44.4 Å². The summed E-state index contributed by atoms with van der Waals surface area (Å²) >= 11 is 0. The molecular weight excluding hydrogens is 376 g/mol. The largest absolute Gasteiger partial charge is 0.481 e. The minimum absolute atomic E-state index is 0.0355. The van der Waals surface area contributed by atoms with Gasteiger partial charge in [-0.25, -0.2) is 0 Å². The van der Waals surface area contributed by atoms with Crippen LogP contribution in [0.1, 0.15) is 130 Å². The highest BCUT2D eigenvalue weighted by Crippen LogP contribution is 2.32. The molecule has 1 aliphatic carbocycles. The molecule has 3 atom stereocenters. The van der Waals surface area contributed by atoms with Gasteiger partial charge in [0.1, 0.15) is 6.10 Å². The minimum atomic E-state index is -0.839. The van der Waals surface area contributed by atoms with Crippen LogP contribution in [0.25, 0.3) is 0 Å². The number of carboxylic acids is 1. The third-order valence-corrected chi connectivity index (χ3v) is 6.61. The number of esters is 1. The van der Waals surface area contributed by atoms with Gasteiger partial charge in [0.05, 0.1) is 11.8 Å². The van der Waals surface area contributed by atoms with Crippen molar-refractivity contribution in [1.29, 1.82) is 0 Å². The van der Waals surface area contributed by atoms with Gasteiger partial charge < -0.3 is 9.84 Å². The summed E-state index contributed by atoms with van der Waals surface area (Å²) in [7, 11) is 0. The normalized spacial score (nSPS) is 20.3. The Labute approximate surface area is 185 Å². The summed E-state index contributed by atoms with van der Waals surface area (Å²) < 4.78 is 5.92. The van der Waals surface area contributed by atoms with E-state index >= 15 is 0 Å². The highest BCUT2D eigenvalue weighted by atomic mass is 16.5. The van der Waals surface area contributed by atoms with E-state index in [1.807, 2.05) is 0 Å². The standard InChI is InChI=1S/C26H48O4/c1-4-5-6-12-17-22(18-13-10-8-7-9-11-16-21(2)3)30-26(29)24-20-15-14-19-23(24)25(27)28/h21-24H,4-20H2,1-3H3,(H,27,28). The van der Waals surface area contributed by atoms with Gasteiger partial charge in [0, 0.05) is 0 Å². The lowest BCUT2D eigenvalue weighted by Crippen LogP contribution is -2.35. The van der Waals surface area contributed by atoms with Crippen molar-refractivity contribution in [3.05, 3.63) is 0 Å². The fourth-order valence-corrected chi connectivity index (χ4v) is 4.65. The monoisotopic (exact) mass is 424 g/mol. The van der Waals surface area contributed by atoms with Gasteiger partial charge in [-0.15, -0.1) is 0 Å². The number of hydrogen-bond acceptors (Lipinski definition) is 3. The Hall–Kier alpha value is -1.06. The van der Waals surface area contributed by atoms with Gasteiger partial charge in [-0.3, -0.25) is 9.59 Å². The van der Waals surface area contributed by atoms with E-state index in [4.69, 9.17) is 4.74 Å². The first-order valence-corrected chi connectivity index (χ1v) is 12.9. The number of hydrogen-bond donors (Lipinski definition) is 1. The number of carbonyl (C=O) groups is 2. The molecule has 0 spiro atoms. The average molecular weight is 425 g/mol. The van der Waals surface area contributed by atoms with Crippen molar-refractivity contribution in [2.24, 2.45) is 17.8 Å². The average Bonchev–Trinajstić information content (AvgIpc) is 2.72. The first-order valence-electron chi connectivity index (χ1n) is 12.9. The van der Waals surface area contributed by atoms with Gasteiger partial charge in [-0.2, -0.15) is 0 Å². The van der Waals surface area contributed by atoms with Crippen molar-refractivity contribution in [3.8, 4) is 0 Å². The maximum absolute atomic E-state index is 12.8. The van der Waals surface area contributed by atoms with Crippen LogP contribution in [-0.2, 0) is 14.3 Å². The van der Waals surface area contributed by atoms with E-state index in [1.54, 1.807) is 0 Å². The summed E-state index contributed by atoms with van der Waals surface area (Å²) in [5.74, 6) is -1.30. The summed E-state index contributed by atoms with van der Waals surface area (Å²) in [5, 5.41) is 9.48. The molecule has 0 aromatic heterocycles. The highest BCUT2D eigenvalue weighted by Gasteiger charge is 2.37. The molecule has 1 aliphatic rings. The van der Waals surface area contributed by atoms with E-state index in [-0.39, 0.29) is 12.1 Å². The lowest BCUT2D eigenvalue weighted by Gasteiger charge is -2.29. The van der Waals surface area contributed by atoms with Crippen LogP contribution in [0, 0.1) is 17.8 Å². The Bertz CT molecular complexity index is 460. The van der Waals surface area contributed by atoms with Crippen molar-refractivity contribution in [1.82, 2.24) is 0 Å². The van der Waals surface area contributed by atoms with E-state index < -0.39 is 17.8 Å². The number of ether oxygens (including phenoxy) is 1. The Morgan fingerprint density at radius 1 is 0.800 bits per heavy atom. The molecule has 0 radical (unpaired) electrons. The fourth-order valence-electron chi connectivity index (χ4n) is 4.65. The van der Waals surface area contributed by atoms with Crippen molar-refractivity contribution in [2.75, 3.05) is 0 Å². The van der Waals surface area contributed by atoms with Gasteiger partial charge in [-0.1, -0.05) is 91.4 Å². The van der Waals surface area contributed by atoms with Gasteiger partial charge in [0.2, 0.25) is 0 Å². The molecule has 30 heavy (non-hydrogen) atoms. The molecule has 176 valence electrons. The first kappa shape index (κ1) is 27.0. The Morgan fingerprint density at radius 3 is 1.83 bits per heavy atom. The van der Waals surface area contributed by atoms with Crippen LogP contribution in [0.2, 0.25) is 0 Å². The molecule has 4 heteroatoms. The van der Waals surface area contributed by atoms with Crippen LogP contribution in [0.5, 0.6) is 0 Å². The molecule has 1 fully saturated rings. The molecule has 0 saturated heterocycles. The molecule has 1 saturated carbocycles. The molecule has 3 unspecified atom stereocenters. The van der Waals surface area contributed by atoms with Crippen LogP contribution >= 0.6 is 0 Å². The summed E-state index contributed by atoms with van der Waals surface area (Å²) in [4.78, 5) is 24.3. The number of unbranched alkanes of at least 4 members (excludes halogenated alkanes) is 8. The van der Waals surface area contributed by atoms with Crippen molar-refractivity contribution < 1.29 is 19.4 Å². The van der Waals surface area contributed by atoms with Crippen molar-refractivity contribution in [2.45, 2.75) is 136 Å². The summed E-state index contributed by atoms with van der Waals surface area (Å²) in [5.41, 5.74) is 0. The van der Waals surface area contributed by atoms with E-state index in [1.165, 1.54) is 57.8 Å². The molecule has 0 aromatic carbocycles. The molecule has 0 amide bonds. The van der Waals surface area contributed by atoms with Crippen LogP contribution in [0.15, 0.2) is 0 Å². The summed E-state index contributed by atoms with van der Waals surface area (Å²) in [6.45, 7) is 6.77. The Kier molecular flexibility index (Phi) is 14.9. The zero-order valence-electron chi connectivity index (χ0n) is 20.0. The van der Waals surface area contributed by atoms with Crippen LogP contribution in [0.4, 0.5) is 0 Å². The second-order valence-corrected chi connectivity index (χ2v) is 9.84. The Morgan fingerprint density at radius 2 is 1.30 bits per heavy atom. The van der Waals surface area contributed by atoms with E-state index in [2.05, 4.69) is 20.8 Å². The lowest BCUT2D eigenvalue weighted by molar-refractivity contribution is -0.164. The first-order chi connectivity index (χ1) is 14.5. The van der Waals surface area contributed by atoms with Crippen LogP contribution < -0.4 is 0 Å². The third kappa shape index (κ3) is 12.0. The number of aliphatic carboxylic acids is 1. The minimum Gasteiger partial charge on any atom is -0.481 e. The highest BCUT2D eigenvalue weighted by molar-refractivity contribution is 5.81. The molecule has 0 aromatic rings. The topological polar surface area (TPSA) is 63.6 Å². The maximum Gasteiger partial charge on any atom is 0.310 e. The zero-order chi connectivity index (χ0) is 22.2. The second-order valence-electron chi connectivity index (χ2n) is 9.84. The van der Waals surface area contributed by atoms with Gasteiger partial charge >= 0.3 is 11.9 Å². The SMILES string of the molecule is CCCCCCC(CCCCCCCCC(C)C)OC(=O)C1CCCCC1C(=O)O. The molecule has 0 bridgehead atoms. The third-order valence-electron chi connectivity index (χ3n) is 6.61. The van der Waals surface area contributed by atoms with Crippen molar-refractivity contribution in [3.63, 3.8) is 0 Å². The van der Waals surface area contributed by atoms with Gasteiger partial charge in [0.25, 0.3) is 0 Å². The van der Waals surface area contributed by atoms with E-state index in [9.17, 15) is 14.7 Å². The summed E-state index contributed by atoms with van der Waals surface area (Å²) in [6.07, 6.45) is 18.5. The van der Waals surface area contributed by atoms with Gasteiger partial charge in [0.15, 0.2) is 0 Å². The lowest BCUT2D eigenvalue weighted by atomic mass is 9.79. The quantitative estimate of drug-likeness (QED) is 0.193. The molecule has 0 aliphatic heterocycles. The molecular formula is C26H48O4. The molecule has 1 rings (SSSR count). The zero-order valence-corrected chi connectivity index (χ0v) is 20.0. The fraction of sp³-hybridized carbons (Fsp3) is 0.923. The van der Waals surface area contributed by atoms with Crippen LogP contribution in [0.3, 0.4) is 0 Å². The second kappa shape index (κ2) is 16.6. The Balaban J connectivity index is 2.40. The predicted molar refractivity (Wildman–Crippen MR) is 123 cm³/mol. The number of carboxylic acid groups (broad SMARTS) is 1. The van der Waals surface area contributed by atoms with Crippen molar-refractivity contribution >= 4 is 11.9 Å². The van der Waals surface area contributed by atoms with Crippen LogP contribution in [-0.4, -0.2) is 23.1 Å². The molecule has 0 heterocycles. The number of rotatable bonds is 17. The van der Waals surface area contributed by atoms with E-state index in [0.717, 1.165) is 44.4 Å².